The Kier molecular flexibility index (Phi) is 56.0. The number of aliphatic hydroxyl groups is 1. The average Bonchev–Trinajstić information content (AvgIpc) is 3.37. The van der Waals surface area contributed by atoms with E-state index in [9.17, 15) is 19.4 Å². The number of quaternary nitrogens is 1. The number of unbranched alkanes of at least 4 members (excludes halogenated alkanes) is 41. The third-order valence-corrected chi connectivity index (χ3v) is 15.7. The standard InChI is InChI=1S/C66H127N2O6P/c1-6-8-10-12-14-16-18-20-22-24-26-28-30-32-33-34-36-37-39-41-43-45-47-49-51-53-55-57-59-65(69)64(63-74-75(71,72)73-62-61-68(3,4)5)67-66(70)60-58-56-54-52-50-48-46-44-42-40-38-35-31-29-27-25-23-21-19-17-15-13-11-9-7-2/h25,27,41,43,49,51,57,59,64-65,69H,6-24,26,28-40,42,44-48,50,52-56,58,60-63H2,1-5H3,(H-,67,70,71,72)/b27-25-,43-41+,51-49+,59-57+. The van der Waals surface area contributed by atoms with Gasteiger partial charge in [0.1, 0.15) is 13.2 Å². The Morgan fingerprint density at radius 1 is 0.453 bits per heavy atom. The number of carbonyl (C=O) groups excluding carboxylic acids is 1. The van der Waals surface area contributed by atoms with Crippen LogP contribution in [-0.4, -0.2) is 68.5 Å². The Bertz CT molecular complexity index is 1360. The van der Waals surface area contributed by atoms with Gasteiger partial charge in [-0.1, -0.05) is 287 Å². The van der Waals surface area contributed by atoms with E-state index >= 15 is 0 Å². The monoisotopic (exact) mass is 1070 g/mol. The summed E-state index contributed by atoms with van der Waals surface area (Å²) in [6, 6.07) is -0.911. The Morgan fingerprint density at radius 3 is 1.08 bits per heavy atom. The van der Waals surface area contributed by atoms with Crippen LogP contribution >= 0.6 is 7.82 Å². The SMILES string of the molecule is CCCCCCCCCC/C=C\CCCCCCCCCCCCCCCC(=O)NC(COP(=O)([O-])OCC[N+](C)(C)C)C(O)/C=C/CC/C=C/CC/C=C/CCCCCCCCCCCCCCCCCCCC. The van der Waals surface area contributed by atoms with E-state index in [0.29, 0.717) is 17.4 Å². The summed E-state index contributed by atoms with van der Waals surface area (Å²) in [7, 11) is 1.24. The molecule has 442 valence electrons. The van der Waals surface area contributed by atoms with Crippen LogP contribution in [0.2, 0.25) is 0 Å². The summed E-state index contributed by atoms with van der Waals surface area (Å²) in [6.07, 6.45) is 76.5. The van der Waals surface area contributed by atoms with Crippen LogP contribution in [0.3, 0.4) is 0 Å². The van der Waals surface area contributed by atoms with E-state index in [4.69, 9.17) is 9.05 Å². The van der Waals surface area contributed by atoms with E-state index in [1.165, 1.54) is 250 Å². The quantitative estimate of drug-likeness (QED) is 0.0272. The van der Waals surface area contributed by atoms with Crippen molar-refractivity contribution in [2.24, 2.45) is 0 Å². The van der Waals surface area contributed by atoms with Crippen molar-refractivity contribution < 1.29 is 32.9 Å². The fourth-order valence-electron chi connectivity index (χ4n) is 9.65. The molecule has 0 bridgehead atoms. The highest BCUT2D eigenvalue weighted by Gasteiger charge is 2.23. The number of rotatable bonds is 60. The molecule has 3 atom stereocenters. The van der Waals surface area contributed by atoms with Crippen LogP contribution in [0.1, 0.15) is 316 Å². The predicted molar refractivity (Wildman–Crippen MR) is 325 cm³/mol. The number of allylic oxidation sites excluding steroid dienone is 7. The third kappa shape index (κ3) is 60.0. The second kappa shape index (κ2) is 57.2. The van der Waals surface area contributed by atoms with Gasteiger partial charge in [-0.2, -0.15) is 0 Å². The molecule has 0 radical (unpaired) electrons. The molecular weight excluding hydrogens is 948 g/mol. The molecule has 0 heterocycles. The number of phosphoric ester groups is 1. The zero-order valence-electron chi connectivity index (χ0n) is 50.5. The molecule has 2 N–H and O–H groups in total. The van der Waals surface area contributed by atoms with Crippen LogP contribution in [0.4, 0.5) is 0 Å². The van der Waals surface area contributed by atoms with Gasteiger partial charge in [0, 0.05) is 6.42 Å². The molecule has 3 unspecified atom stereocenters. The van der Waals surface area contributed by atoms with Gasteiger partial charge in [-0.05, 0) is 70.6 Å². The van der Waals surface area contributed by atoms with Gasteiger partial charge in [0.25, 0.3) is 7.82 Å². The first-order valence-corrected chi connectivity index (χ1v) is 34.0. The summed E-state index contributed by atoms with van der Waals surface area (Å²) in [5.74, 6) is -0.208. The maximum atomic E-state index is 13.0. The lowest BCUT2D eigenvalue weighted by atomic mass is 10.0. The number of nitrogens with zero attached hydrogens (tertiary/aromatic N) is 1. The summed E-state index contributed by atoms with van der Waals surface area (Å²) in [5.41, 5.74) is 0. The topological polar surface area (TPSA) is 108 Å². The van der Waals surface area contributed by atoms with Crippen molar-refractivity contribution in [2.45, 2.75) is 328 Å². The Balaban J connectivity index is 4.19. The van der Waals surface area contributed by atoms with Gasteiger partial charge in [0.05, 0.1) is 39.9 Å². The molecular formula is C66H127N2O6P. The average molecular weight is 1080 g/mol. The molecule has 1 amide bonds. The number of likely N-dealkylation sites (N-methyl/N-ethyl adjacent to an activating group) is 1. The second-order valence-corrected chi connectivity index (χ2v) is 24.9. The first kappa shape index (κ1) is 73.5. The number of aliphatic hydroxyl groups excluding tert-OH is 1. The van der Waals surface area contributed by atoms with Crippen molar-refractivity contribution in [3.63, 3.8) is 0 Å². The van der Waals surface area contributed by atoms with Gasteiger partial charge in [-0.3, -0.25) is 9.36 Å². The van der Waals surface area contributed by atoms with Crippen LogP contribution in [0.15, 0.2) is 48.6 Å². The van der Waals surface area contributed by atoms with Gasteiger partial charge < -0.3 is 28.8 Å². The minimum Gasteiger partial charge on any atom is -0.756 e. The Morgan fingerprint density at radius 2 is 0.747 bits per heavy atom. The van der Waals surface area contributed by atoms with Crippen LogP contribution < -0.4 is 10.2 Å². The molecule has 0 aromatic heterocycles. The molecule has 0 aromatic rings. The molecule has 0 saturated carbocycles. The molecule has 0 saturated heterocycles. The molecule has 0 fully saturated rings. The lowest BCUT2D eigenvalue weighted by molar-refractivity contribution is -0.870. The maximum absolute atomic E-state index is 13.0. The van der Waals surface area contributed by atoms with Gasteiger partial charge in [0.15, 0.2) is 0 Å². The van der Waals surface area contributed by atoms with Crippen molar-refractivity contribution in [3.05, 3.63) is 48.6 Å². The Labute approximate surface area is 467 Å². The van der Waals surface area contributed by atoms with Gasteiger partial charge in [-0.15, -0.1) is 0 Å². The molecule has 0 spiro atoms. The van der Waals surface area contributed by atoms with E-state index in [1.807, 2.05) is 27.2 Å². The third-order valence-electron chi connectivity index (χ3n) is 14.7. The molecule has 0 aromatic carbocycles. The first-order chi connectivity index (χ1) is 36.5. The second-order valence-electron chi connectivity index (χ2n) is 23.4. The van der Waals surface area contributed by atoms with Crippen molar-refractivity contribution in [1.29, 1.82) is 0 Å². The molecule has 0 aliphatic carbocycles. The van der Waals surface area contributed by atoms with Crippen LogP contribution in [0, 0.1) is 0 Å². The zero-order valence-corrected chi connectivity index (χ0v) is 51.4. The van der Waals surface area contributed by atoms with E-state index in [2.05, 4.69) is 55.6 Å². The molecule has 8 nitrogen and oxygen atoms in total. The van der Waals surface area contributed by atoms with Crippen LogP contribution in [-0.2, 0) is 18.4 Å². The maximum Gasteiger partial charge on any atom is 0.268 e. The molecule has 75 heavy (non-hydrogen) atoms. The molecule has 0 rings (SSSR count). The van der Waals surface area contributed by atoms with E-state index < -0.39 is 26.6 Å². The number of hydrogen-bond acceptors (Lipinski definition) is 6. The highest BCUT2D eigenvalue weighted by molar-refractivity contribution is 7.45. The predicted octanol–water partition coefficient (Wildman–Crippen LogP) is 19.6. The van der Waals surface area contributed by atoms with E-state index in [-0.39, 0.29) is 12.5 Å². The fraction of sp³-hybridized carbons (Fsp3) is 0.864. The van der Waals surface area contributed by atoms with Crippen molar-refractivity contribution in [3.8, 4) is 0 Å². The zero-order chi connectivity index (χ0) is 54.9. The number of hydrogen-bond donors (Lipinski definition) is 2. The van der Waals surface area contributed by atoms with Gasteiger partial charge >= 0.3 is 0 Å². The normalized spacial score (nSPS) is 14.1. The van der Waals surface area contributed by atoms with Gasteiger partial charge in [-0.25, -0.2) is 0 Å². The minimum absolute atomic E-state index is 0.00883. The van der Waals surface area contributed by atoms with Crippen molar-refractivity contribution >= 4 is 13.7 Å². The minimum atomic E-state index is -4.61. The number of nitrogens with one attached hydrogen (secondary N) is 1. The lowest BCUT2D eigenvalue weighted by Crippen LogP contribution is -2.45. The highest BCUT2D eigenvalue weighted by Crippen LogP contribution is 2.38. The van der Waals surface area contributed by atoms with Crippen LogP contribution in [0.5, 0.6) is 0 Å². The molecule has 0 aliphatic heterocycles. The number of carbonyl (C=O) groups is 1. The summed E-state index contributed by atoms with van der Waals surface area (Å²) in [4.78, 5) is 25.6. The lowest BCUT2D eigenvalue weighted by Gasteiger charge is -2.29. The summed E-state index contributed by atoms with van der Waals surface area (Å²) in [5, 5.41) is 13.9. The summed E-state index contributed by atoms with van der Waals surface area (Å²) in [6.45, 7) is 4.66. The number of phosphoric acid groups is 1. The highest BCUT2D eigenvalue weighted by atomic mass is 31.2. The van der Waals surface area contributed by atoms with Crippen molar-refractivity contribution in [2.75, 3.05) is 40.9 Å². The smallest absolute Gasteiger partial charge is 0.268 e. The molecule has 0 aliphatic rings. The number of amides is 1. The van der Waals surface area contributed by atoms with E-state index in [1.54, 1.807) is 6.08 Å². The molecule has 9 heteroatoms. The van der Waals surface area contributed by atoms with Crippen LogP contribution in [0.25, 0.3) is 0 Å². The van der Waals surface area contributed by atoms with Crippen molar-refractivity contribution in [1.82, 2.24) is 5.32 Å². The summed E-state index contributed by atoms with van der Waals surface area (Å²) < 4.78 is 23.4. The fourth-order valence-corrected chi connectivity index (χ4v) is 10.4. The van der Waals surface area contributed by atoms with Gasteiger partial charge in [0.2, 0.25) is 5.91 Å². The first-order valence-electron chi connectivity index (χ1n) is 32.5. The summed E-state index contributed by atoms with van der Waals surface area (Å²) >= 11 is 0. The largest absolute Gasteiger partial charge is 0.756 e. The Hall–Kier alpha value is -1.54. The van der Waals surface area contributed by atoms with E-state index in [0.717, 1.165) is 44.9 Å².